The van der Waals surface area contributed by atoms with Gasteiger partial charge in [0.05, 0.1) is 0 Å². The highest BCUT2D eigenvalue weighted by Crippen LogP contribution is 2.23. The van der Waals surface area contributed by atoms with Gasteiger partial charge in [0.2, 0.25) is 0 Å². The second kappa shape index (κ2) is 5.72. The van der Waals surface area contributed by atoms with Crippen LogP contribution >= 0.6 is 0 Å². The molecular formula is C12H26N2. The summed E-state index contributed by atoms with van der Waals surface area (Å²) in [6, 6.07) is 1.53. The molecule has 1 aliphatic heterocycles. The maximum atomic E-state index is 5.76. The lowest BCUT2D eigenvalue weighted by molar-refractivity contribution is 0.0844. The quantitative estimate of drug-likeness (QED) is 0.750. The van der Waals surface area contributed by atoms with E-state index in [1.165, 1.54) is 32.2 Å². The molecule has 3 atom stereocenters. The predicted octanol–water partition coefficient (Wildman–Crippen LogP) is 2.23. The molecule has 0 aromatic heterocycles. The average Bonchev–Trinajstić information content (AvgIpc) is 2.18. The van der Waals surface area contributed by atoms with Crippen molar-refractivity contribution in [2.75, 3.05) is 13.1 Å². The van der Waals surface area contributed by atoms with Gasteiger partial charge in [0.25, 0.3) is 0 Å². The third-order valence-corrected chi connectivity index (χ3v) is 3.76. The van der Waals surface area contributed by atoms with E-state index in [-0.39, 0.29) is 0 Å². The predicted molar refractivity (Wildman–Crippen MR) is 62.3 cm³/mol. The highest BCUT2D eigenvalue weighted by atomic mass is 15.2. The molecule has 0 saturated carbocycles. The van der Waals surface area contributed by atoms with E-state index in [9.17, 15) is 0 Å². The molecule has 2 heteroatoms. The lowest BCUT2D eigenvalue weighted by Gasteiger charge is -2.40. The molecular weight excluding hydrogens is 172 g/mol. The monoisotopic (exact) mass is 198 g/mol. The summed E-state index contributed by atoms with van der Waals surface area (Å²) >= 11 is 0. The standard InChI is InChI=1S/C12H26N2/c1-4-12(8-13)9-14-10(2)6-5-7-11(14)3/h10-12H,4-9,13H2,1-3H3. The summed E-state index contributed by atoms with van der Waals surface area (Å²) in [6.07, 6.45) is 5.35. The maximum absolute atomic E-state index is 5.76. The number of nitrogens with zero attached hydrogens (tertiary/aromatic N) is 1. The summed E-state index contributed by atoms with van der Waals surface area (Å²) in [5.74, 6) is 0.693. The van der Waals surface area contributed by atoms with Crippen LogP contribution in [0.5, 0.6) is 0 Å². The van der Waals surface area contributed by atoms with Gasteiger partial charge < -0.3 is 5.73 Å². The summed E-state index contributed by atoms with van der Waals surface area (Å²) in [6.45, 7) is 9.01. The van der Waals surface area contributed by atoms with Crippen molar-refractivity contribution in [1.82, 2.24) is 4.90 Å². The Morgan fingerprint density at radius 2 is 1.86 bits per heavy atom. The Bertz CT molecular complexity index is 144. The largest absolute Gasteiger partial charge is 0.330 e. The highest BCUT2D eigenvalue weighted by Gasteiger charge is 2.25. The van der Waals surface area contributed by atoms with Crippen molar-refractivity contribution in [3.8, 4) is 0 Å². The van der Waals surface area contributed by atoms with Gasteiger partial charge in [-0.2, -0.15) is 0 Å². The van der Waals surface area contributed by atoms with Gasteiger partial charge in [0.1, 0.15) is 0 Å². The molecule has 0 amide bonds. The van der Waals surface area contributed by atoms with Crippen molar-refractivity contribution in [2.45, 2.75) is 58.5 Å². The van der Waals surface area contributed by atoms with Crippen LogP contribution in [0.4, 0.5) is 0 Å². The van der Waals surface area contributed by atoms with Crippen molar-refractivity contribution in [1.29, 1.82) is 0 Å². The molecule has 2 nitrogen and oxygen atoms in total. The van der Waals surface area contributed by atoms with Crippen LogP contribution < -0.4 is 5.73 Å². The van der Waals surface area contributed by atoms with Crippen LogP contribution in [-0.2, 0) is 0 Å². The van der Waals surface area contributed by atoms with Crippen molar-refractivity contribution in [2.24, 2.45) is 11.7 Å². The van der Waals surface area contributed by atoms with Gasteiger partial charge in [-0.05, 0) is 39.2 Å². The Hall–Kier alpha value is -0.0800. The van der Waals surface area contributed by atoms with E-state index in [0.29, 0.717) is 5.92 Å². The summed E-state index contributed by atoms with van der Waals surface area (Å²) in [5.41, 5.74) is 5.76. The molecule has 1 rings (SSSR count). The third kappa shape index (κ3) is 2.96. The fourth-order valence-corrected chi connectivity index (χ4v) is 2.50. The number of nitrogens with two attached hydrogens (primary N) is 1. The lowest BCUT2D eigenvalue weighted by Crippen LogP contribution is -2.46. The van der Waals surface area contributed by atoms with E-state index < -0.39 is 0 Å². The van der Waals surface area contributed by atoms with Gasteiger partial charge in [-0.25, -0.2) is 0 Å². The minimum absolute atomic E-state index is 0.693. The van der Waals surface area contributed by atoms with E-state index in [0.717, 1.165) is 18.6 Å². The Balaban J connectivity index is 2.46. The fourth-order valence-electron chi connectivity index (χ4n) is 2.50. The van der Waals surface area contributed by atoms with E-state index in [1.807, 2.05) is 0 Å². The second-order valence-corrected chi connectivity index (χ2v) is 4.84. The van der Waals surface area contributed by atoms with Gasteiger partial charge in [0, 0.05) is 18.6 Å². The van der Waals surface area contributed by atoms with E-state index in [2.05, 4.69) is 25.7 Å². The van der Waals surface area contributed by atoms with Crippen molar-refractivity contribution in [3.63, 3.8) is 0 Å². The topological polar surface area (TPSA) is 29.3 Å². The molecule has 0 aromatic rings. The first kappa shape index (κ1) is 12.0. The smallest absolute Gasteiger partial charge is 0.00698 e. The van der Waals surface area contributed by atoms with Gasteiger partial charge >= 0.3 is 0 Å². The Labute approximate surface area is 88.8 Å². The number of rotatable bonds is 4. The number of hydrogen-bond donors (Lipinski definition) is 1. The lowest BCUT2D eigenvalue weighted by atomic mass is 9.95. The first-order chi connectivity index (χ1) is 6.69. The van der Waals surface area contributed by atoms with Crippen molar-refractivity contribution < 1.29 is 0 Å². The van der Waals surface area contributed by atoms with Crippen LogP contribution in [0.2, 0.25) is 0 Å². The number of likely N-dealkylation sites (tertiary alicyclic amines) is 1. The van der Waals surface area contributed by atoms with Gasteiger partial charge in [-0.3, -0.25) is 4.90 Å². The van der Waals surface area contributed by atoms with Gasteiger partial charge in [0.15, 0.2) is 0 Å². The number of piperidine rings is 1. The Morgan fingerprint density at radius 1 is 1.29 bits per heavy atom. The van der Waals surface area contributed by atoms with Gasteiger partial charge in [-0.1, -0.05) is 19.8 Å². The molecule has 1 heterocycles. The molecule has 14 heavy (non-hydrogen) atoms. The zero-order valence-corrected chi connectivity index (χ0v) is 10.00. The summed E-state index contributed by atoms with van der Waals surface area (Å²) in [7, 11) is 0. The van der Waals surface area contributed by atoms with Crippen molar-refractivity contribution >= 4 is 0 Å². The molecule has 84 valence electrons. The molecule has 0 aromatic carbocycles. The molecule has 1 aliphatic rings. The van der Waals surface area contributed by atoms with Crippen LogP contribution in [0.15, 0.2) is 0 Å². The van der Waals surface area contributed by atoms with Crippen LogP contribution in [0.1, 0.15) is 46.5 Å². The SMILES string of the molecule is CCC(CN)CN1C(C)CCCC1C. The first-order valence-electron chi connectivity index (χ1n) is 6.14. The first-order valence-corrected chi connectivity index (χ1v) is 6.14. The zero-order valence-electron chi connectivity index (χ0n) is 10.00. The molecule has 3 unspecified atom stereocenters. The summed E-state index contributed by atoms with van der Waals surface area (Å²) in [5, 5.41) is 0. The fraction of sp³-hybridized carbons (Fsp3) is 1.00. The van der Waals surface area contributed by atoms with Crippen LogP contribution in [0, 0.1) is 5.92 Å². The van der Waals surface area contributed by atoms with Gasteiger partial charge in [-0.15, -0.1) is 0 Å². The van der Waals surface area contributed by atoms with E-state index >= 15 is 0 Å². The van der Waals surface area contributed by atoms with Crippen LogP contribution in [0.25, 0.3) is 0 Å². The van der Waals surface area contributed by atoms with Crippen LogP contribution in [0.3, 0.4) is 0 Å². The molecule has 0 aliphatic carbocycles. The second-order valence-electron chi connectivity index (χ2n) is 4.84. The average molecular weight is 198 g/mol. The van der Waals surface area contributed by atoms with Crippen molar-refractivity contribution in [3.05, 3.63) is 0 Å². The molecule has 0 radical (unpaired) electrons. The van der Waals surface area contributed by atoms with E-state index in [1.54, 1.807) is 0 Å². The molecule has 2 N–H and O–H groups in total. The third-order valence-electron chi connectivity index (χ3n) is 3.76. The Morgan fingerprint density at radius 3 is 2.29 bits per heavy atom. The molecule has 0 bridgehead atoms. The van der Waals surface area contributed by atoms with Crippen LogP contribution in [-0.4, -0.2) is 30.1 Å². The summed E-state index contributed by atoms with van der Waals surface area (Å²) < 4.78 is 0. The normalized spacial score (nSPS) is 31.7. The minimum Gasteiger partial charge on any atom is -0.330 e. The maximum Gasteiger partial charge on any atom is 0.00698 e. The molecule has 0 spiro atoms. The zero-order chi connectivity index (χ0) is 10.6. The molecule has 1 fully saturated rings. The Kier molecular flexibility index (Phi) is 4.90. The molecule has 1 saturated heterocycles. The highest BCUT2D eigenvalue weighted by molar-refractivity contribution is 4.81. The minimum atomic E-state index is 0.693. The van der Waals surface area contributed by atoms with E-state index in [4.69, 9.17) is 5.73 Å². The number of hydrogen-bond acceptors (Lipinski definition) is 2. The summed E-state index contributed by atoms with van der Waals surface area (Å²) in [4.78, 5) is 2.66.